The maximum absolute atomic E-state index is 11.4. The fraction of sp³-hybridized carbons (Fsp3) is 0.296. The highest BCUT2D eigenvalue weighted by atomic mass is 16.5. The van der Waals surface area contributed by atoms with Crippen LogP contribution in [0.5, 0.6) is 11.5 Å². The Bertz CT molecular complexity index is 1050. The third kappa shape index (κ3) is 4.80. The molecule has 0 radical (unpaired) electrons. The number of nitrogens with zero attached hydrogens (tertiary/aromatic N) is 1. The van der Waals surface area contributed by atoms with Crippen LogP contribution in [0.3, 0.4) is 0 Å². The van der Waals surface area contributed by atoms with E-state index in [4.69, 9.17) is 4.74 Å². The molecule has 0 spiro atoms. The molecule has 1 heterocycles. The summed E-state index contributed by atoms with van der Waals surface area (Å²) in [5.74, 6) is 1.23. The van der Waals surface area contributed by atoms with Gasteiger partial charge in [-0.25, -0.2) is 4.79 Å². The summed E-state index contributed by atoms with van der Waals surface area (Å²) >= 11 is 0. The van der Waals surface area contributed by atoms with Crippen LogP contribution in [0.15, 0.2) is 78.9 Å². The van der Waals surface area contributed by atoms with E-state index < -0.39 is 5.97 Å². The zero-order valence-electron chi connectivity index (χ0n) is 18.1. The van der Waals surface area contributed by atoms with E-state index in [9.17, 15) is 9.90 Å². The van der Waals surface area contributed by atoms with Crippen LogP contribution < -0.4 is 4.74 Å². The van der Waals surface area contributed by atoms with Crippen LogP contribution in [0.1, 0.15) is 41.8 Å². The van der Waals surface area contributed by atoms with Crippen LogP contribution in [-0.2, 0) is 12.0 Å². The Kier molecular flexibility index (Phi) is 6.10. The van der Waals surface area contributed by atoms with Crippen molar-refractivity contribution in [2.24, 2.45) is 5.92 Å². The number of aromatic carboxylic acids is 1. The molecule has 160 valence electrons. The number of ether oxygens (including phenoxy) is 1. The molecule has 0 aliphatic carbocycles. The third-order valence-corrected chi connectivity index (χ3v) is 6.62. The summed E-state index contributed by atoms with van der Waals surface area (Å²) in [6.07, 6.45) is 0.997. The maximum Gasteiger partial charge on any atom is 0.335 e. The van der Waals surface area contributed by atoms with Gasteiger partial charge in [0.05, 0.1) is 5.56 Å². The molecule has 3 aromatic rings. The predicted molar refractivity (Wildman–Crippen MR) is 123 cm³/mol. The predicted octanol–water partition coefficient (Wildman–Crippen LogP) is 5.98. The summed E-state index contributed by atoms with van der Waals surface area (Å²) in [5, 5.41) is 9.36. The fourth-order valence-electron chi connectivity index (χ4n) is 4.49. The van der Waals surface area contributed by atoms with Gasteiger partial charge in [-0.3, -0.25) is 4.90 Å². The first-order valence-corrected chi connectivity index (χ1v) is 10.8. The van der Waals surface area contributed by atoms with Crippen molar-refractivity contribution in [2.45, 2.75) is 32.2 Å². The van der Waals surface area contributed by atoms with Crippen molar-refractivity contribution >= 4 is 5.97 Å². The van der Waals surface area contributed by atoms with E-state index in [1.165, 1.54) is 5.56 Å². The van der Waals surface area contributed by atoms with Gasteiger partial charge in [0.1, 0.15) is 11.5 Å². The van der Waals surface area contributed by atoms with E-state index in [0.29, 0.717) is 11.5 Å². The van der Waals surface area contributed by atoms with Crippen molar-refractivity contribution in [2.75, 3.05) is 13.1 Å². The Balaban J connectivity index is 1.43. The number of hydrogen-bond acceptors (Lipinski definition) is 3. The van der Waals surface area contributed by atoms with Gasteiger partial charge in [0.25, 0.3) is 0 Å². The molecule has 1 aliphatic rings. The van der Waals surface area contributed by atoms with Crippen molar-refractivity contribution < 1.29 is 14.6 Å². The second-order valence-electron chi connectivity index (χ2n) is 8.75. The number of piperidine rings is 1. The zero-order chi connectivity index (χ0) is 21.8. The first kappa shape index (κ1) is 21.1. The second kappa shape index (κ2) is 8.94. The summed E-state index contributed by atoms with van der Waals surface area (Å²) in [7, 11) is 0. The summed E-state index contributed by atoms with van der Waals surface area (Å²) in [5.41, 5.74) is 2.69. The molecule has 4 rings (SSSR count). The highest BCUT2D eigenvalue weighted by molar-refractivity contribution is 5.87. The van der Waals surface area contributed by atoms with Crippen molar-refractivity contribution in [3.05, 3.63) is 95.6 Å². The monoisotopic (exact) mass is 415 g/mol. The van der Waals surface area contributed by atoms with Gasteiger partial charge < -0.3 is 9.84 Å². The summed E-state index contributed by atoms with van der Waals surface area (Å²) < 4.78 is 5.98. The summed E-state index contributed by atoms with van der Waals surface area (Å²) in [6.45, 7) is 7.36. The van der Waals surface area contributed by atoms with E-state index in [2.05, 4.69) is 36.9 Å². The van der Waals surface area contributed by atoms with Crippen molar-refractivity contribution in [1.29, 1.82) is 0 Å². The lowest BCUT2D eigenvalue weighted by molar-refractivity contribution is 0.0696. The largest absolute Gasteiger partial charge is 0.478 e. The summed E-state index contributed by atoms with van der Waals surface area (Å²) in [4.78, 5) is 13.9. The fourth-order valence-corrected chi connectivity index (χ4v) is 4.49. The number of carbonyl (C=O) groups is 1. The Hall–Kier alpha value is -3.11. The molecule has 1 fully saturated rings. The van der Waals surface area contributed by atoms with E-state index in [1.807, 2.05) is 54.6 Å². The SMILES string of the molecule is C[C@H]1CN(Cc2cccc(Oc3ccccc3)c2)CC[C@@]1(C)c1cccc(C(=O)O)c1. The van der Waals surface area contributed by atoms with Crippen LogP contribution in [0.4, 0.5) is 0 Å². The number of hydrogen-bond donors (Lipinski definition) is 1. The molecule has 1 aliphatic heterocycles. The Labute approximate surface area is 184 Å². The van der Waals surface area contributed by atoms with E-state index in [-0.39, 0.29) is 5.41 Å². The Morgan fingerprint density at radius 3 is 2.52 bits per heavy atom. The van der Waals surface area contributed by atoms with Gasteiger partial charge in [-0.05, 0) is 71.8 Å². The third-order valence-electron chi connectivity index (χ3n) is 6.62. The molecule has 0 saturated carbocycles. The van der Waals surface area contributed by atoms with Crippen LogP contribution in [-0.4, -0.2) is 29.1 Å². The standard InChI is InChI=1S/C27H29NO3/c1-20-18-28(15-14-27(20,2)23-10-7-9-22(17-23)26(29)30)19-21-8-6-13-25(16-21)31-24-11-4-3-5-12-24/h3-13,16-17,20H,14-15,18-19H2,1-2H3,(H,29,30)/t20-,27+/m0/s1. The molecule has 0 unspecified atom stereocenters. The number of carboxylic acid groups (broad SMARTS) is 1. The lowest BCUT2D eigenvalue weighted by atomic mass is 9.68. The van der Waals surface area contributed by atoms with Crippen molar-refractivity contribution in [1.82, 2.24) is 4.90 Å². The molecule has 0 aromatic heterocycles. The zero-order valence-corrected chi connectivity index (χ0v) is 18.1. The van der Waals surface area contributed by atoms with Crippen LogP contribution in [0, 0.1) is 5.92 Å². The van der Waals surface area contributed by atoms with Gasteiger partial charge in [-0.1, -0.05) is 56.3 Å². The molecule has 1 N–H and O–H groups in total. The maximum atomic E-state index is 11.4. The number of para-hydroxylation sites is 1. The van der Waals surface area contributed by atoms with E-state index in [1.54, 1.807) is 6.07 Å². The molecular weight excluding hydrogens is 386 g/mol. The van der Waals surface area contributed by atoms with Gasteiger partial charge in [0.2, 0.25) is 0 Å². The van der Waals surface area contributed by atoms with Crippen molar-refractivity contribution in [3.8, 4) is 11.5 Å². The lowest BCUT2D eigenvalue weighted by Gasteiger charge is -2.45. The Morgan fingerprint density at radius 1 is 1.03 bits per heavy atom. The number of carboxylic acids is 1. The van der Waals surface area contributed by atoms with Crippen LogP contribution >= 0.6 is 0 Å². The molecule has 2 atom stereocenters. The number of likely N-dealkylation sites (tertiary alicyclic amines) is 1. The molecule has 4 nitrogen and oxygen atoms in total. The molecule has 4 heteroatoms. The molecule has 0 bridgehead atoms. The van der Waals surface area contributed by atoms with E-state index in [0.717, 1.165) is 43.1 Å². The van der Waals surface area contributed by atoms with Gasteiger partial charge in [-0.15, -0.1) is 0 Å². The van der Waals surface area contributed by atoms with Crippen LogP contribution in [0.2, 0.25) is 0 Å². The average molecular weight is 416 g/mol. The minimum absolute atomic E-state index is 0.0276. The topological polar surface area (TPSA) is 49.8 Å². The van der Waals surface area contributed by atoms with Gasteiger partial charge in [0, 0.05) is 13.1 Å². The average Bonchev–Trinajstić information content (AvgIpc) is 2.77. The van der Waals surface area contributed by atoms with E-state index >= 15 is 0 Å². The lowest BCUT2D eigenvalue weighted by Crippen LogP contribution is -2.47. The van der Waals surface area contributed by atoms with Gasteiger partial charge >= 0.3 is 5.97 Å². The first-order valence-electron chi connectivity index (χ1n) is 10.8. The minimum atomic E-state index is -0.867. The first-order chi connectivity index (χ1) is 14.9. The molecule has 3 aromatic carbocycles. The quantitative estimate of drug-likeness (QED) is 0.538. The molecule has 1 saturated heterocycles. The molecule has 31 heavy (non-hydrogen) atoms. The van der Waals surface area contributed by atoms with Crippen molar-refractivity contribution in [3.63, 3.8) is 0 Å². The summed E-state index contributed by atoms with van der Waals surface area (Å²) in [6, 6.07) is 25.6. The van der Waals surface area contributed by atoms with Gasteiger partial charge in [0.15, 0.2) is 0 Å². The normalized spacial score (nSPS) is 21.5. The van der Waals surface area contributed by atoms with Gasteiger partial charge in [-0.2, -0.15) is 0 Å². The smallest absolute Gasteiger partial charge is 0.335 e. The second-order valence-corrected chi connectivity index (χ2v) is 8.75. The number of benzene rings is 3. The molecule has 0 amide bonds. The highest BCUT2D eigenvalue weighted by Gasteiger charge is 2.38. The molecular formula is C27H29NO3. The highest BCUT2D eigenvalue weighted by Crippen LogP contribution is 2.40. The Morgan fingerprint density at radius 2 is 1.77 bits per heavy atom. The van der Waals surface area contributed by atoms with Crippen LogP contribution in [0.25, 0.3) is 0 Å². The minimum Gasteiger partial charge on any atom is -0.478 e. The number of rotatable bonds is 6.